The molecule has 1 aromatic carbocycles. The van der Waals surface area contributed by atoms with Gasteiger partial charge in [-0.1, -0.05) is 61.9 Å². The number of ketones is 1. The third-order valence-corrected chi connectivity index (χ3v) is 4.77. The number of hydrogen-bond donors (Lipinski definition) is 3. The lowest BCUT2D eigenvalue weighted by molar-refractivity contribution is -0.146. The maximum atomic E-state index is 13.2. The van der Waals surface area contributed by atoms with Gasteiger partial charge in [0.25, 0.3) is 0 Å². The number of hydrogen-bond acceptors (Lipinski definition) is 4. The molecule has 1 aliphatic carbocycles. The van der Waals surface area contributed by atoms with Crippen molar-refractivity contribution < 1.29 is 24.6 Å². The molecule has 2 unspecified atom stereocenters. The fourth-order valence-corrected chi connectivity index (χ4v) is 3.24. The molecule has 0 spiro atoms. The van der Waals surface area contributed by atoms with Gasteiger partial charge in [-0.25, -0.2) is 4.79 Å². The van der Waals surface area contributed by atoms with Crippen LogP contribution in [0.15, 0.2) is 48.6 Å². The summed E-state index contributed by atoms with van der Waals surface area (Å²) in [5.74, 6) is -2.29. The molecule has 1 aliphatic rings. The van der Waals surface area contributed by atoms with Crippen LogP contribution in [0, 0.1) is 5.41 Å². The van der Waals surface area contributed by atoms with Crippen LogP contribution < -0.4 is 5.32 Å². The number of aliphatic carboxylic acids is 1. The predicted octanol–water partition coefficient (Wildman–Crippen LogP) is 2.34. The number of carbonyl (C=O) groups is 3. The van der Waals surface area contributed by atoms with Gasteiger partial charge < -0.3 is 15.5 Å². The summed E-state index contributed by atoms with van der Waals surface area (Å²) in [6, 6.07) is 7.66. The number of nitrogens with one attached hydrogen (secondary N) is 1. The average Bonchev–Trinajstić information content (AvgIpc) is 2.70. The Kier molecular flexibility index (Phi) is 7.07. The van der Waals surface area contributed by atoms with Crippen molar-refractivity contribution in [1.82, 2.24) is 5.32 Å². The van der Waals surface area contributed by atoms with Crippen LogP contribution in [0.3, 0.4) is 0 Å². The lowest BCUT2D eigenvalue weighted by Crippen LogP contribution is -2.53. The Bertz CT molecular complexity index is 753. The number of aliphatic hydroxyl groups excluding tert-OH is 1. The molecule has 27 heavy (non-hydrogen) atoms. The molecule has 0 heterocycles. The van der Waals surface area contributed by atoms with E-state index < -0.39 is 29.9 Å². The summed E-state index contributed by atoms with van der Waals surface area (Å²) in [5.41, 5.74) is -0.224. The van der Waals surface area contributed by atoms with E-state index in [1.54, 1.807) is 18.2 Å². The van der Waals surface area contributed by atoms with Crippen LogP contribution in [-0.4, -0.2) is 40.5 Å². The SMILES string of the molecule is CCCCC(=O)C1(C(=O)NC(CO)C(=O)O)CC=CC=C1c1ccccc1. The van der Waals surface area contributed by atoms with Crippen LogP contribution in [-0.2, 0) is 14.4 Å². The summed E-state index contributed by atoms with van der Waals surface area (Å²) in [5, 5.41) is 20.8. The van der Waals surface area contributed by atoms with Crippen LogP contribution in [0.2, 0.25) is 0 Å². The maximum absolute atomic E-state index is 13.2. The quantitative estimate of drug-likeness (QED) is 0.578. The number of amides is 1. The zero-order chi connectivity index (χ0) is 19.9. The van der Waals surface area contributed by atoms with Gasteiger partial charge in [-0.05, 0) is 24.0 Å². The summed E-state index contributed by atoms with van der Waals surface area (Å²) < 4.78 is 0. The van der Waals surface area contributed by atoms with Gasteiger partial charge in [0.2, 0.25) is 5.91 Å². The number of benzene rings is 1. The number of carboxylic acid groups (broad SMARTS) is 1. The standard InChI is InChI=1S/C21H25NO5/c1-2-3-12-18(24)21(20(27)22-17(14-23)19(25)26)13-8-7-11-16(21)15-9-5-4-6-10-15/h4-11,17,23H,2-3,12-14H2,1H3,(H,22,27)(H,25,26). The second kappa shape index (κ2) is 9.28. The lowest BCUT2D eigenvalue weighted by Gasteiger charge is -2.35. The van der Waals surface area contributed by atoms with E-state index in [4.69, 9.17) is 0 Å². The van der Waals surface area contributed by atoms with E-state index in [2.05, 4.69) is 5.32 Å². The van der Waals surface area contributed by atoms with Crippen molar-refractivity contribution in [3.05, 3.63) is 54.1 Å². The van der Waals surface area contributed by atoms with E-state index in [9.17, 15) is 24.6 Å². The molecule has 2 atom stereocenters. The van der Waals surface area contributed by atoms with Crippen LogP contribution in [0.1, 0.15) is 38.2 Å². The van der Waals surface area contributed by atoms with Crippen molar-refractivity contribution in [3.63, 3.8) is 0 Å². The van der Waals surface area contributed by atoms with Gasteiger partial charge in [-0.15, -0.1) is 0 Å². The van der Waals surface area contributed by atoms with Crippen molar-refractivity contribution in [1.29, 1.82) is 0 Å². The molecular formula is C21H25NO5. The first-order valence-electron chi connectivity index (χ1n) is 9.08. The van der Waals surface area contributed by atoms with Crippen molar-refractivity contribution >= 4 is 23.2 Å². The Labute approximate surface area is 158 Å². The Morgan fingerprint density at radius 2 is 1.93 bits per heavy atom. The molecule has 2 rings (SSSR count). The highest BCUT2D eigenvalue weighted by atomic mass is 16.4. The molecule has 0 bridgehead atoms. The lowest BCUT2D eigenvalue weighted by atomic mass is 9.67. The van der Waals surface area contributed by atoms with E-state index in [1.165, 1.54) is 0 Å². The summed E-state index contributed by atoms with van der Waals surface area (Å²) in [6.07, 6.45) is 7.09. The minimum absolute atomic E-state index is 0.153. The highest BCUT2D eigenvalue weighted by Gasteiger charge is 2.49. The molecule has 6 nitrogen and oxygen atoms in total. The molecule has 0 saturated heterocycles. The third kappa shape index (κ3) is 4.34. The Balaban J connectivity index is 2.51. The van der Waals surface area contributed by atoms with Gasteiger partial charge >= 0.3 is 5.97 Å². The normalized spacial score (nSPS) is 19.9. The van der Waals surface area contributed by atoms with Gasteiger partial charge in [0, 0.05) is 6.42 Å². The first-order valence-corrected chi connectivity index (χ1v) is 9.08. The number of Topliss-reactive ketones (excluding diaryl/α,β-unsaturated/α-hetero) is 1. The highest BCUT2D eigenvalue weighted by molar-refractivity contribution is 6.17. The minimum atomic E-state index is -1.51. The average molecular weight is 371 g/mol. The summed E-state index contributed by atoms with van der Waals surface area (Å²) >= 11 is 0. The van der Waals surface area contributed by atoms with Crippen molar-refractivity contribution in [3.8, 4) is 0 Å². The minimum Gasteiger partial charge on any atom is -0.480 e. The van der Waals surface area contributed by atoms with Gasteiger partial charge in [0.1, 0.15) is 11.5 Å². The first-order chi connectivity index (χ1) is 13.0. The van der Waals surface area contributed by atoms with Gasteiger partial charge in [0.05, 0.1) is 6.61 Å². The summed E-state index contributed by atoms with van der Waals surface area (Å²) in [4.78, 5) is 37.7. The van der Waals surface area contributed by atoms with E-state index in [0.717, 1.165) is 12.0 Å². The number of carboxylic acids is 1. The second-order valence-electron chi connectivity index (χ2n) is 6.56. The van der Waals surface area contributed by atoms with E-state index in [0.29, 0.717) is 12.0 Å². The second-order valence-corrected chi connectivity index (χ2v) is 6.56. The fraction of sp³-hybridized carbons (Fsp3) is 0.381. The molecule has 144 valence electrons. The molecule has 6 heteroatoms. The monoisotopic (exact) mass is 371 g/mol. The van der Waals surface area contributed by atoms with E-state index >= 15 is 0 Å². The highest BCUT2D eigenvalue weighted by Crippen LogP contribution is 2.43. The number of carbonyl (C=O) groups excluding carboxylic acids is 2. The van der Waals surface area contributed by atoms with E-state index in [-0.39, 0.29) is 18.6 Å². The number of rotatable bonds is 9. The molecular weight excluding hydrogens is 346 g/mol. The van der Waals surface area contributed by atoms with Gasteiger partial charge in [0.15, 0.2) is 5.78 Å². The molecule has 1 aromatic rings. The Morgan fingerprint density at radius 3 is 2.52 bits per heavy atom. The summed E-state index contributed by atoms with van der Waals surface area (Å²) in [6.45, 7) is 1.21. The van der Waals surface area contributed by atoms with Gasteiger partial charge in [-0.2, -0.15) is 0 Å². The molecule has 0 saturated carbocycles. The van der Waals surface area contributed by atoms with Crippen LogP contribution in [0.5, 0.6) is 0 Å². The molecule has 0 aromatic heterocycles. The largest absolute Gasteiger partial charge is 0.480 e. The van der Waals surface area contributed by atoms with Crippen LogP contribution in [0.25, 0.3) is 5.57 Å². The Hall–Kier alpha value is -2.73. The molecule has 0 fully saturated rings. The van der Waals surface area contributed by atoms with Gasteiger partial charge in [-0.3, -0.25) is 9.59 Å². The molecule has 0 aliphatic heterocycles. The molecule has 1 amide bonds. The van der Waals surface area contributed by atoms with Crippen LogP contribution >= 0.6 is 0 Å². The van der Waals surface area contributed by atoms with E-state index in [1.807, 2.05) is 37.3 Å². The van der Waals surface area contributed by atoms with Crippen molar-refractivity contribution in [2.24, 2.45) is 5.41 Å². The zero-order valence-electron chi connectivity index (χ0n) is 15.4. The molecule has 3 N–H and O–H groups in total. The Morgan fingerprint density at radius 1 is 1.22 bits per heavy atom. The van der Waals surface area contributed by atoms with Crippen molar-refractivity contribution in [2.45, 2.75) is 38.6 Å². The molecule has 0 radical (unpaired) electrons. The number of allylic oxidation sites excluding steroid dienone is 3. The smallest absolute Gasteiger partial charge is 0.328 e. The van der Waals surface area contributed by atoms with Crippen molar-refractivity contribution in [2.75, 3.05) is 6.61 Å². The topological polar surface area (TPSA) is 104 Å². The first kappa shape index (κ1) is 20.6. The van der Waals surface area contributed by atoms with Crippen LogP contribution in [0.4, 0.5) is 0 Å². The fourth-order valence-electron chi connectivity index (χ4n) is 3.24. The maximum Gasteiger partial charge on any atom is 0.328 e. The predicted molar refractivity (Wildman–Crippen MR) is 102 cm³/mol. The number of aliphatic hydroxyl groups is 1. The summed E-state index contributed by atoms with van der Waals surface area (Å²) in [7, 11) is 0. The number of unbranched alkanes of at least 4 members (excludes halogenated alkanes) is 1. The third-order valence-electron chi connectivity index (χ3n) is 4.77. The zero-order valence-corrected chi connectivity index (χ0v) is 15.4.